The first kappa shape index (κ1) is 13.6. The van der Waals surface area contributed by atoms with Crippen LogP contribution in [0, 0.1) is 6.92 Å². The standard InChI is InChI=1S/C13H16O3S/c1-9(2)8-16-13(15)7-5-11(14)12-6-4-10(3)17-12/h4,6H,1,5,7-8H2,2-3H3. The maximum absolute atomic E-state index is 11.7. The second-order valence-electron chi connectivity index (χ2n) is 3.95. The molecule has 3 nitrogen and oxygen atoms in total. The lowest BCUT2D eigenvalue weighted by atomic mass is 10.2. The van der Waals surface area contributed by atoms with Gasteiger partial charge in [0.25, 0.3) is 0 Å². The van der Waals surface area contributed by atoms with Crippen molar-refractivity contribution >= 4 is 23.1 Å². The molecule has 0 bridgehead atoms. The van der Waals surface area contributed by atoms with Crippen LogP contribution in [0.1, 0.15) is 34.3 Å². The zero-order chi connectivity index (χ0) is 12.8. The van der Waals surface area contributed by atoms with Crippen molar-refractivity contribution in [1.82, 2.24) is 0 Å². The van der Waals surface area contributed by atoms with Gasteiger partial charge in [-0.25, -0.2) is 0 Å². The number of rotatable bonds is 6. The Bertz CT molecular complexity index is 432. The molecule has 0 aromatic carbocycles. The van der Waals surface area contributed by atoms with Crippen LogP contribution in [0.3, 0.4) is 0 Å². The van der Waals surface area contributed by atoms with Gasteiger partial charge in [0, 0.05) is 11.3 Å². The number of hydrogen-bond acceptors (Lipinski definition) is 4. The zero-order valence-corrected chi connectivity index (χ0v) is 10.9. The lowest BCUT2D eigenvalue weighted by Crippen LogP contribution is -2.08. The molecule has 0 amide bonds. The first-order chi connectivity index (χ1) is 7.99. The molecule has 0 unspecified atom stereocenters. The Morgan fingerprint density at radius 3 is 2.59 bits per heavy atom. The summed E-state index contributed by atoms with van der Waals surface area (Å²) in [5.74, 6) is -0.356. The molecule has 1 heterocycles. The second kappa shape index (κ2) is 6.35. The van der Waals surface area contributed by atoms with Crippen LogP contribution < -0.4 is 0 Å². The van der Waals surface area contributed by atoms with Gasteiger partial charge in [-0.2, -0.15) is 0 Å². The summed E-state index contributed by atoms with van der Waals surface area (Å²) in [7, 11) is 0. The molecule has 1 rings (SSSR count). The molecule has 4 heteroatoms. The summed E-state index contributed by atoms with van der Waals surface area (Å²) in [6.07, 6.45) is 0.331. The van der Waals surface area contributed by atoms with Crippen molar-refractivity contribution in [2.24, 2.45) is 0 Å². The van der Waals surface area contributed by atoms with Crippen molar-refractivity contribution < 1.29 is 14.3 Å². The summed E-state index contributed by atoms with van der Waals surface area (Å²) < 4.78 is 4.91. The molecule has 92 valence electrons. The van der Waals surface area contributed by atoms with Crippen molar-refractivity contribution in [3.63, 3.8) is 0 Å². The Kier molecular flexibility index (Phi) is 5.10. The van der Waals surface area contributed by atoms with E-state index in [1.54, 1.807) is 13.0 Å². The highest BCUT2D eigenvalue weighted by atomic mass is 32.1. The minimum absolute atomic E-state index is 0.00428. The Labute approximate surface area is 105 Å². The van der Waals surface area contributed by atoms with Gasteiger partial charge in [0.1, 0.15) is 6.61 Å². The third-order valence-corrected chi connectivity index (χ3v) is 3.09. The predicted molar refractivity (Wildman–Crippen MR) is 68.4 cm³/mol. The summed E-state index contributed by atoms with van der Waals surface area (Å²) >= 11 is 1.45. The Morgan fingerprint density at radius 1 is 1.35 bits per heavy atom. The molecule has 0 saturated carbocycles. The number of esters is 1. The molecular formula is C13H16O3S. The zero-order valence-electron chi connectivity index (χ0n) is 10.1. The van der Waals surface area contributed by atoms with Gasteiger partial charge in [-0.3, -0.25) is 9.59 Å². The molecule has 0 saturated heterocycles. The lowest BCUT2D eigenvalue weighted by molar-refractivity contribution is -0.142. The molecule has 17 heavy (non-hydrogen) atoms. The largest absolute Gasteiger partial charge is 0.461 e. The van der Waals surface area contributed by atoms with Crippen LogP contribution in [-0.2, 0) is 9.53 Å². The Morgan fingerprint density at radius 2 is 2.06 bits per heavy atom. The number of hydrogen-bond donors (Lipinski definition) is 0. The van der Waals surface area contributed by atoms with Crippen molar-refractivity contribution in [3.05, 3.63) is 34.0 Å². The van der Waals surface area contributed by atoms with Gasteiger partial charge in [-0.1, -0.05) is 6.58 Å². The second-order valence-corrected chi connectivity index (χ2v) is 5.24. The Balaban J connectivity index is 2.33. The maximum Gasteiger partial charge on any atom is 0.306 e. The van der Waals surface area contributed by atoms with Gasteiger partial charge >= 0.3 is 5.97 Å². The minimum Gasteiger partial charge on any atom is -0.461 e. The van der Waals surface area contributed by atoms with Gasteiger partial charge < -0.3 is 4.74 Å². The number of carbonyl (C=O) groups is 2. The van der Waals surface area contributed by atoms with E-state index in [0.717, 1.165) is 10.5 Å². The molecule has 0 N–H and O–H groups in total. The molecule has 0 spiro atoms. The van der Waals surface area contributed by atoms with E-state index in [0.29, 0.717) is 4.88 Å². The van der Waals surface area contributed by atoms with Crippen LogP contribution in [-0.4, -0.2) is 18.4 Å². The summed E-state index contributed by atoms with van der Waals surface area (Å²) in [6.45, 7) is 7.59. The number of ether oxygens (including phenoxy) is 1. The monoisotopic (exact) mass is 252 g/mol. The summed E-state index contributed by atoms with van der Waals surface area (Å²) in [6, 6.07) is 3.69. The van der Waals surface area contributed by atoms with E-state index in [-0.39, 0.29) is 31.2 Å². The average Bonchev–Trinajstić information content (AvgIpc) is 2.70. The number of carbonyl (C=O) groups excluding carboxylic acids is 2. The first-order valence-corrected chi connectivity index (χ1v) is 6.20. The Hall–Kier alpha value is -1.42. The highest BCUT2D eigenvalue weighted by Gasteiger charge is 2.11. The molecule has 0 fully saturated rings. The van der Waals surface area contributed by atoms with Crippen molar-refractivity contribution in [3.8, 4) is 0 Å². The fraction of sp³-hybridized carbons (Fsp3) is 0.385. The van der Waals surface area contributed by atoms with E-state index in [1.807, 2.05) is 13.0 Å². The number of Topliss-reactive ketones (excluding diaryl/α,β-unsaturated/α-hetero) is 1. The maximum atomic E-state index is 11.7. The first-order valence-electron chi connectivity index (χ1n) is 5.38. The summed E-state index contributed by atoms with van der Waals surface area (Å²) in [4.78, 5) is 24.8. The van der Waals surface area contributed by atoms with Crippen LogP contribution in [0.25, 0.3) is 0 Å². The lowest BCUT2D eigenvalue weighted by Gasteiger charge is -2.03. The fourth-order valence-electron chi connectivity index (χ4n) is 1.20. The fourth-order valence-corrected chi connectivity index (χ4v) is 2.03. The van der Waals surface area contributed by atoms with Crippen LogP contribution in [0.5, 0.6) is 0 Å². The third kappa shape index (κ3) is 4.95. The van der Waals surface area contributed by atoms with E-state index in [9.17, 15) is 9.59 Å². The van der Waals surface area contributed by atoms with Gasteiger partial charge in [0.15, 0.2) is 5.78 Å². The minimum atomic E-state index is -0.352. The van der Waals surface area contributed by atoms with E-state index in [2.05, 4.69) is 6.58 Å². The highest BCUT2D eigenvalue weighted by molar-refractivity contribution is 7.14. The molecule has 0 aliphatic carbocycles. The van der Waals surface area contributed by atoms with Gasteiger partial charge in [0.05, 0.1) is 11.3 Å². The highest BCUT2D eigenvalue weighted by Crippen LogP contribution is 2.17. The van der Waals surface area contributed by atoms with Gasteiger partial charge in [-0.15, -0.1) is 11.3 Å². The van der Waals surface area contributed by atoms with Crippen LogP contribution in [0.2, 0.25) is 0 Å². The smallest absolute Gasteiger partial charge is 0.306 e. The third-order valence-electron chi connectivity index (χ3n) is 2.05. The average molecular weight is 252 g/mol. The van der Waals surface area contributed by atoms with Crippen molar-refractivity contribution in [1.29, 1.82) is 0 Å². The molecule has 0 aliphatic rings. The van der Waals surface area contributed by atoms with Gasteiger partial charge in [0.2, 0.25) is 0 Å². The summed E-state index contributed by atoms with van der Waals surface area (Å²) in [5.41, 5.74) is 0.790. The van der Waals surface area contributed by atoms with E-state index in [4.69, 9.17) is 4.74 Å². The number of thiophene rings is 1. The predicted octanol–water partition coefficient (Wildman–Crippen LogP) is 3.14. The number of ketones is 1. The quantitative estimate of drug-likeness (QED) is 0.444. The summed E-state index contributed by atoms with van der Waals surface area (Å²) in [5, 5.41) is 0. The molecular weight excluding hydrogens is 236 g/mol. The van der Waals surface area contributed by atoms with Crippen LogP contribution in [0.15, 0.2) is 24.3 Å². The van der Waals surface area contributed by atoms with E-state index < -0.39 is 0 Å². The van der Waals surface area contributed by atoms with Crippen molar-refractivity contribution in [2.45, 2.75) is 26.7 Å². The SMILES string of the molecule is C=C(C)COC(=O)CCC(=O)c1ccc(C)s1. The van der Waals surface area contributed by atoms with Crippen LogP contribution >= 0.6 is 11.3 Å². The van der Waals surface area contributed by atoms with E-state index >= 15 is 0 Å². The molecule has 1 aromatic heterocycles. The van der Waals surface area contributed by atoms with Gasteiger partial charge in [-0.05, 0) is 31.6 Å². The van der Waals surface area contributed by atoms with Crippen molar-refractivity contribution in [2.75, 3.05) is 6.61 Å². The molecule has 0 aliphatic heterocycles. The van der Waals surface area contributed by atoms with E-state index in [1.165, 1.54) is 11.3 Å². The topological polar surface area (TPSA) is 43.4 Å². The molecule has 0 radical (unpaired) electrons. The number of aryl methyl sites for hydroxylation is 1. The molecule has 1 aromatic rings. The normalized spacial score (nSPS) is 10.0. The van der Waals surface area contributed by atoms with Crippen LogP contribution in [0.4, 0.5) is 0 Å². The molecule has 0 atom stereocenters.